The van der Waals surface area contributed by atoms with E-state index in [-0.39, 0.29) is 25.2 Å². The van der Waals surface area contributed by atoms with Crippen molar-refractivity contribution in [1.82, 2.24) is 9.78 Å². The lowest BCUT2D eigenvalue weighted by Gasteiger charge is -2.08. The van der Waals surface area contributed by atoms with Crippen molar-refractivity contribution in [1.29, 1.82) is 0 Å². The molecule has 0 bridgehead atoms. The molecule has 0 saturated carbocycles. The summed E-state index contributed by atoms with van der Waals surface area (Å²) in [5, 5.41) is 13.3. The van der Waals surface area contributed by atoms with Crippen LogP contribution in [0.3, 0.4) is 0 Å². The Labute approximate surface area is 95.0 Å². The molecular formula is C11H18N2O3. The van der Waals surface area contributed by atoms with Gasteiger partial charge in [-0.15, -0.1) is 0 Å². The number of aliphatic hydroxyl groups excluding tert-OH is 1. The molecule has 1 aromatic rings. The van der Waals surface area contributed by atoms with Crippen LogP contribution in [0.1, 0.15) is 30.8 Å². The van der Waals surface area contributed by atoms with Crippen molar-refractivity contribution in [2.24, 2.45) is 0 Å². The molecule has 0 saturated heterocycles. The average Bonchev–Trinajstić information content (AvgIpc) is 2.40. The molecule has 5 heteroatoms. The molecule has 16 heavy (non-hydrogen) atoms. The van der Waals surface area contributed by atoms with E-state index in [1.54, 1.807) is 18.5 Å². The van der Waals surface area contributed by atoms with Gasteiger partial charge in [-0.3, -0.25) is 9.48 Å². The minimum absolute atomic E-state index is 0.0586. The highest BCUT2D eigenvalue weighted by molar-refractivity contribution is 5.69. The number of ether oxygens (including phenoxy) is 1. The third kappa shape index (κ3) is 2.82. The molecule has 1 rings (SSSR count). The molecule has 1 heterocycles. The van der Waals surface area contributed by atoms with Gasteiger partial charge < -0.3 is 9.84 Å². The Morgan fingerprint density at radius 2 is 2.12 bits per heavy atom. The predicted octanol–water partition coefficient (Wildman–Crippen LogP) is 0.944. The molecule has 0 aliphatic heterocycles. The maximum Gasteiger partial charge on any atom is 0.328 e. The van der Waals surface area contributed by atoms with Gasteiger partial charge in [0.2, 0.25) is 0 Å². The van der Waals surface area contributed by atoms with Crippen LogP contribution in [0.4, 0.5) is 0 Å². The summed E-state index contributed by atoms with van der Waals surface area (Å²) in [6, 6.07) is 0. The number of aromatic nitrogens is 2. The van der Waals surface area contributed by atoms with E-state index >= 15 is 0 Å². The van der Waals surface area contributed by atoms with E-state index in [2.05, 4.69) is 5.10 Å². The third-order valence-electron chi connectivity index (χ3n) is 2.34. The zero-order valence-corrected chi connectivity index (χ0v) is 10.1. The lowest BCUT2D eigenvalue weighted by molar-refractivity contribution is -0.148. The molecule has 0 fully saturated rings. The maximum atomic E-state index is 11.4. The number of carbonyl (C=O) groups is 1. The minimum atomic E-state index is -0.315. The van der Waals surface area contributed by atoms with Gasteiger partial charge in [0.15, 0.2) is 0 Å². The van der Waals surface area contributed by atoms with E-state index in [0.29, 0.717) is 0 Å². The second kappa shape index (κ2) is 5.12. The van der Waals surface area contributed by atoms with Gasteiger partial charge in [0.25, 0.3) is 0 Å². The number of hydrogen-bond acceptors (Lipinski definition) is 4. The first-order valence-corrected chi connectivity index (χ1v) is 5.29. The fourth-order valence-electron chi connectivity index (χ4n) is 1.54. The number of hydrogen-bond donors (Lipinski definition) is 1. The Morgan fingerprint density at radius 1 is 1.50 bits per heavy atom. The Kier molecular flexibility index (Phi) is 4.06. The van der Waals surface area contributed by atoms with Crippen LogP contribution in [0.15, 0.2) is 0 Å². The number of aryl methyl sites for hydroxylation is 1. The van der Waals surface area contributed by atoms with E-state index in [0.717, 1.165) is 17.0 Å². The van der Waals surface area contributed by atoms with E-state index < -0.39 is 0 Å². The summed E-state index contributed by atoms with van der Waals surface area (Å²) < 4.78 is 6.59. The van der Waals surface area contributed by atoms with Crippen molar-refractivity contribution in [2.45, 2.75) is 47.0 Å². The van der Waals surface area contributed by atoms with Gasteiger partial charge in [-0.2, -0.15) is 5.10 Å². The van der Waals surface area contributed by atoms with E-state index in [4.69, 9.17) is 9.84 Å². The Morgan fingerprint density at radius 3 is 2.56 bits per heavy atom. The van der Waals surface area contributed by atoms with Crippen LogP contribution < -0.4 is 0 Å². The van der Waals surface area contributed by atoms with Gasteiger partial charge in [-0.25, -0.2) is 0 Å². The molecule has 1 aromatic heterocycles. The normalized spacial score (nSPS) is 10.9. The molecule has 0 aromatic carbocycles. The summed E-state index contributed by atoms with van der Waals surface area (Å²) >= 11 is 0. The van der Waals surface area contributed by atoms with Crippen LogP contribution in [0.25, 0.3) is 0 Å². The Balaban J connectivity index is 2.78. The molecule has 0 amide bonds. The molecule has 1 N–H and O–H groups in total. The quantitative estimate of drug-likeness (QED) is 0.776. The van der Waals surface area contributed by atoms with Crippen LogP contribution in [-0.4, -0.2) is 27.0 Å². The van der Waals surface area contributed by atoms with Crippen LogP contribution in [-0.2, 0) is 22.7 Å². The number of aliphatic hydroxyl groups is 1. The first-order valence-electron chi connectivity index (χ1n) is 5.29. The van der Waals surface area contributed by atoms with E-state index in [1.165, 1.54) is 0 Å². The van der Waals surface area contributed by atoms with Gasteiger partial charge in [0.05, 0.1) is 18.4 Å². The number of rotatable bonds is 4. The molecule has 5 nitrogen and oxygen atoms in total. The van der Waals surface area contributed by atoms with Crippen LogP contribution >= 0.6 is 0 Å². The van der Waals surface area contributed by atoms with Gasteiger partial charge in [-0.05, 0) is 27.7 Å². The van der Waals surface area contributed by atoms with Gasteiger partial charge in [0, 0.05) is 11.3 Å². The van der Waals surface area contributed by atoms with E-state index in [1.807, 2.05) is 13.8 Å². The van der Waals surface area contributed by atoms with Crippen LogP contribution in [0.5, 0.6) is 0 Å². The zero-order chi connectivity index (χ0) is 12.3. The number of nitrogens with zero attached hydrogens (tertiary/aromatic N) is 2. The van der Waals surface area contributed by atoms with Gasteiger partial charge in [0.1, 0.15) is 6.54 Å². The summed E-state index contributed by atoms with van der Waals surface area (Å²) in [7, 11) is 0. The summed E-state index contributed by atoms with van der Waals surface area (Å²) in [6.07, 6.45) is -0.123. The molecule has 0 aliphatic carbocycles. The molecule has 0 atom stereocenters. The van der Waals surface area contributed by atoms with Crippen molar-refractivity contribution in [2.75, 3.05) is 0 Å². The monoisotopic (exact) mass is 226 g/mol. The molecule has 0 spiro atoms. The fourth-order valence-corrected chi connectivity index (χ4v) is 1.54. The van der Waals surface area contributed by atoms with Crippen molar-refractivity contribution >= 4 is 5.97 Å². The van der Waals surface area contributed by atoms with Crippen molar-refractivity contribution < 1.29 is 14.6 Å². The summed E-state index contributed by atoms with van der Waals surface area (Å²) in [5.41, 5.74) is 2.33. The largest absolute Gasteiger partial charge is 0.462 e. The third-order valence-corrected chi connectivity index (χ3v) is 2.34. The SMILES string of the molecule is Cc1nn(CC(=O)OC(C)C)c(C)c1CO. The highest BCUT2D eigenvalue weighted by Crippen LogP contribution is 2.12. The number of carbonyl (C=O) groups excluding carboxylic acids is 1. The van der Waals surface area contributed by atoms with Crippen LogP contribution in [0, 0.1) is 13.8 Å². The summed E-state index contributed by atoms with van der Waals surface area (Å²) in [6.45, 7) is 7.27. The maximum absolute atomic E-state index is 11.4. The lowest BCUT2D eigenvalue weighted by Crippen LogP contribution is -2.19. The highest BCUT2D eigenvalue weighted by atomic mass is 16.5. The molecule has 0 aliphatic rings. The van der Waals surface area contributed by atoms with Gasteiger partial charge in [-0.1, -0.05) is 0 Å². The summed E-state index contributed by atoms with van der Waals surface area (Å²) in [4.78, 5) is 11.4. The molecular weight excluding hydrogens is 208 g/mol. The Bertz CT molecular complexity index is 383. The van der Waals surface area contributed by atoms with Crippen LogP contribution in [0.2, 0.25) is 0 Å². The van der Waals surface area contributed by atoms with Crippen molar-refractivity contribution in [3.8, 4) is 0 Å². The van der Waals surface area contributed by atoms with Crippen molar-refractivity contribution in [3.05, 3.63) is 17.0 Å². The minimum Gasteiger partial charge on any atom is -0.462 e. The Hall–Kier alpha value is -1.36. The van der Waals surface area contributed by atoms with Gasteiger partial charge >= 0.3 is 5.97 Å². The topological polar surface area (TPSA) is 64.4 Å². The predicted molar refractivity (Wildman–Crippen MR) is 58.9 cm³/mol. The first kappa shape index (κ1) is 12.7. The second-order valence-electron chi connectivity index (χ2n) is 4.00. The molecule has 0 unspecified atom stereocenters. The fraction of sp³-hybridized carbons (Fsp3) is 0.636. The summed E-state index contributed by atoms with van der Waals surface area (Å²) in [5.74, 6) is -0.315. The average molecular weight is 226 g/mol. The molecule has 90 valence electrons. The highest BCUT2D eigenvalue weighted by Gasteiger charge is 2.14. The lowest BCUT2D eigenvalue weighted by atomic mass is 10.2. The second-order valence-corrected chi connectivity index (χ2v) is 4.00. The first-order chi connectivity index (χ1) is 7.45. The van der Waals surface area contributed by atoms with Crippen molar-refractivity contribution in [3.63, 3.8) is 0 Å². The number of esters is 1. The zero-order valence-electron chi connectivity index (χ0n) is 10.1. The standard InChI is InChI=1S/C11H18N2O3/c1-7(2)16-11(15)5-13-9(4)10(6-14)8(3)12-13/h7,14H,5-6H2,1-4H3. The molecule has 0 radical (unpaired) electrons. The smallest absolute Gasteiger partial charge is 0.328 e. The van der Waals surface area contributed by atoms with E-state index in [9.17, 15) is 4.79 Å².